The van der Waals surface area contributed by atoms with Crippen LogP contribution in [-0.4, -0.2) is 28.6 Å². The van der Waals surface area contributed by atoms with Crippen molar-refractivity contribution in [2.45, 2.75) is 27.2 Å². The Morgan fingerprint density at radius 3 is 2.69 bits per heavy atom. The van der Waals surface area contributed by atoms with E-state index in [4.69, 9.17) is 9.26 Å². The molecule has 134 valence electrons. The number of aromatic nitrogens is 2. The van der Waals surface area contributed by atoms with Crippen molar-refractivity contribution in [3.05, 3.63) is 52.9 Å². The molecule has 7 heteroatoms. The molecule has 3 aromatic rings. The number of carbonyl (C=O) groups is 2. The first-order valence-corrected chi connectivity index (χ1v) is 8.28. The monoisotopic (exact) mass is 353 g/mol. The first kappa shape index (κ1) is 17.6. The Labute approximate surface area is 150 Å². The third-order valence-electron chi connectivity index (χ3n) is 4.01. The van der Waals surface area contributed by atoms with Gasteiger partial charge in [-0.1, -0.05) is 30.3 Å². The SMILES string of the molecule is CCc1nc2ccccc2c(C(=O)OCC(=O)Nc2cc(C)on2)c1C. The minimum Gasteiger partial charge on any atom is -0.452 e. The smallest absolute Gasteiger partial charge is 0.339 e. The van der Waals surface area contributed by atoms with E-state index in [9.17, 15) is 9.59 Å². The fourth-order valence-corrected chi connectivity index (χ4v) is 2.77. The average Bonchev–Trinajstić information content (AvgIpc) is 3.03. The van der Waals surface area contributed by atoms with Gasteiger partial charge in [-0.25, -0.2) is 4.79 Å². The molecule has 1 N–H and O–H groups in total. The predicted molar refractivity (Wildman–Crippen MR) is 96.0 cm³/mol. The molecule has 0 saturated heterocycles. The highest BCUT2D eigenvalue weighted by molar-refractivity contribution is 6.05. The predicted octanol–water partition coefficient (Wildman–Crippen LogP) is 3.20. The number of rotatable bonds is 5. The number of esters is 1. The highest BCUT2D eigenvalue weighted by Gasteiger charge is 2.19. The van der Waals surface area contributed by atoms with Crippen LogP contribution in [0.1, 0.15) is 34.3 Å². The second kappa shape index (κ2) is 7.35. The van der Waals surface area contributed by atoms with Crippen molar-refractivity contribution in [2.75, 3.05) is 11.9 Å². The lowest BCUT2D eigenvalue weighted by Gasteiger charge is -2.13. The van der Waals surface area contributed by atoms with Crippen LogP contribution in [0.2, 0.25) is 0 Å². The Morgan fingerprint density at radius 2 is 2.00 bits per heavy atom. The zero-order chi connectivity index (χ0) is 18.7. The largest absolute Gasteiger partial charge is 0.452 e. The van der Waals surface area contributed by atoms with Gasteiger partial charge < -0.3 is 14.6 Å². The number of anilines is 1. The van der Waals surface area contributed by atoms with Crippen molar-refractivity contribution in [1.82, 2.24) is 10.1 Å². The maximum absolute atomic E-state index is 12.6. The molecule has 26 heavy (non-hydrogen) atoms. The van der Waals surface area contributed by atoms with E-state index >= 15 is 0 Å². The lowest BCUT2D eigenvalue weighted by atomic mass is 10.0. The highest BCUT2D eigenvalue weighted by Crippen LogP contribution is 2.24. The summed E-state index contributed by atoms with van der Waals surface area (Å²) in [6.07, 6.45) is 0.697. The van der Waals surface area contributed by atoms with Gasteiger partial charge in [-0.15, -0.1) is 0 Å². The van der Waals surface area contributed by atoms with Crippen molar-refractivity contribution in [3.63, 3.8) is 0 Å². The number of nitrogens with one attached hydrogen (secondary N) is 1. The third kappa shape index (κ3) is 3.56. The van der Waals surface area contributed by atoms with E-state index in [1.807, 2.05) is 38.1 Å². The van der Waals surface area contributed by atoms with Gasteiger partial charge in [0.15, 0.2) is 12.4 Å². The molecule has 0 saturated carbocycles. The molecule has 0 bridgehead atoms. The Bertz CT molecular complexity index is 978. The zero-order valence-corrected chi connectivity index (χ0v) is 14.8. The fourth-order valence-electron chi connectivity index (χ4n) is 2.77. The molecule has 0 atom stereocenters. The summed E-state index contributed by atoms with van der Waals surface area (Å²) in [5.41, 5.74) is 2.77. The molecule has 0 unspecified atom stereocenters. The summed E-state index contributed by atoms with van der Waals surface area (Å²) in [4.78, 5) is 29.2. The number of pyridine rings is 1. The van der Waals surface area contributed by atoms with Gasteiger partial charge in [0.05, 0.1) is 11.1 Å². The second-order valence-corrected chi connectivity index (χ2v) is 5.88. The van der Waals surface area contributed by atoms with Crippen LogP contribution in [0.15, 0.2) is 34.9 Å². The van der Waals surface area contributed by atoms with E-state index in [1.165, 1.54) is 0 Å². The quantitative estimate of drug-likeness (QED) is 0.708. The number of para-hydroxylation sites is 1. The molecule has 0 aliphatic heterocycles. The number of benzene rings is 1. The van der Waals surface area contributed by atoms with E-state index in [0.29, 0.717) is 23.1 Å². The third-order valence-corrected chi connectivity index (χ3v) is 4.01. The van der Waals surface area contributed by atoms with Crippen LogP contribution in [0.5, 0.6) is 0 Å². The summed E-state index contributed by atoms with van der Waals surface area (Å²) in [6, 6.07) is 8.96. The zero-order valence-electron chi connectivity index (χ0n) is 14.8. The maximum Gasteiger partial charge on any atom is 0.339 e. The molecule has 7 nitrogen and oxygen atoms in total. The molecule has 0 spiro atoms. The van der Waals surface area contributed by atoms with Crippen LogP contribution in [0.25, 0.3) is 10.9 Å². The number of hydrogen-bond donors (Lipinski definition) is 1. The van der Waals surface area contributed by atoms with E-state index < -0.39 is 18.5 Å². The molecule has 2 aromatic heterocycles. The molecule has 0 fully saturated rings. The first-order valence-electron chi connectivity index (χ1n) is 8.28. The van der Waals surface area contributed by atoms with Crippen LogP contribution in [0.3, 0.4) is 0 Å². The van der Waals surface area contributed by atoms with Gasteiger partial charge in [0.25, 0.3) is 5.91 Å². The number of aryl methyl sites for hydroxylation is 2. The van der Waals surface area contributed by atoms with E-state index in [2.05, 4.69) is 15.5 Å². The maximum atomic E-state index is 12.6. The summed E-state index contributed by atoms with van der Waals surface area (Å²) in [6.45, 7) is 5.12. The summed E-state index contributed by atoms with van der Waals surface area (Å²) in [7, 11) is 0. The number of ether oxygens (including phenoxy) is 1. The van der Waals surface area contributed by atoms with Crippen LogP contribution in [-0.2, 0) is 16.0 Å². The molecular weight excluding hydrogens is 334 g/mol. The highest BCUT2D eigenvalue weighted by atomic mass is 16.5. The number of carbonyl (C=O) groups excluding carboxylic acids is 2. The Balaban J connectivity index is 1.79. The van der Waals surface area contributed by atoms with Gasteiger partial charge >= 0.3 is 5.97 Å². The van der Waals surface area contributed by atoms with Gasteiger partial charge in [-0.2, -0.15) is 0 Å². The van der Waals surface area contributed by atoms with E-state index in [1.54, 1.807) is 13.0 Å². The molecular formula is C19H19N3O4. The van der Waals surface area contributed by atoms with Crippen molar-refractivity contribution >= 4 is 28.6 Å². The van der Waals surface area contributed by atoms with Crippen molar-refractivity contribution in [1.29, 1.82) is 0 Å². The molecule has 1 aromatic carbocycles. The van der Waals surface area contributed by atoms with Gasteiger partial charge in [-0.05, 0) is 31.9 Å². The minimum absolute atomic E-state index is 0.280. The number of nitrogens with zero attached hydrogens (tertiary/aromatic N) is 2. The molecule has 0 radical (unpaired) electrons. The molecule has 0 aliphatic rings. The van der Waals surface area contributed by atoms with Gasteiger partial charge in [0, 0.05) is 17.1 Å². The van der Waals surface area contributed by atoms with Crippen molar-refractivity contribution < 1.29 is 18.8 Å². The normalized spacial score (nSPS) is 10.7. The summed E-state index contributed by atoms with van der Waals surface area (Å²) in [5, 5.41) is 6.88. The summed E-state index contributed by atoms with van der Waals surface area (Å²) < 4.78 is 10.1. The summed E-state index contributed by atoms with van der Waals surface area (Å²) >= 11 is 0. The lowest BCUT2D eigenvalue weighted by Crippen LogP contribution is -2.22. The second-order valence-electron chi connectivity index (χ2n) is 5.88. The molecule has 1 amide bonds. The van der Waals surface area contributed by atoms with Crippen LogP contribution < -0.4 is 5.32 Å². The van der Waals surface area contributed by atoms with Gasteiger partial charge in [-0.3, -0.25) is 9.78 Å². The van der Waals surface area contributed by atoms with Crippen LogP contribution in [0.4, 0.5) is 5.82 Å². The first-order chi connectivity index (χ1) is 12.5. The van der Waals surface area contributed by atoms with E-state index in [-0.39, 0.29) is 5.82 Å². The Hall–Kier alpha value is -3.22. The number of fused-ring (bicyclic) bond motifs is 1. The fraction of sp³-hybridized carbons (Fsp3) is 0.263. The van der Waals surface area contributed by atoms with Crippen LogP contribution >= 0.6 is 0 Å². The van der Waals surface area contributed by atoms with Gasteiger partial charge in [0.2, 0.25) is 0 Å². The molecule has 0 aliphatic carbocycles. The molecule has 2 heterocycles. The molecule has 3 rings (SSSR count). The van der Waals surface area contributed by atoms with Crippen molar-refractivity contribution in [2.24, 2.45) is 0 Å². The lowest BCUT2D eigenvalue weighted by molar-refractivity contribution is -0.119. The van der Waals surface area contributed by atoms with Crippen LogP contribution in [0, 0.1) is 13.8 Å². The number of amides is 1. The topological polar surface area (TPSA) is 94.3 Å². The van der Waals surface area contributed by atoms with E-state index in [0.717, 1.165) is 16.8 Å². The minimum atomic E-state index is -0.553. The van der Waals surface area contributed by atoms with Crippen molar-refractivity contribution in [3.8, 4) is 0 Å². The van der Waals surface area contributed by atoms with Gasteiger partial charge in [0.1, 0.15) is 5.76 Å². The standard InChI is InChI=1S/C19H19N3O4/c1-4-14-12(3)18(13-7-5-6-8-15(13)20-14)19(24)25-10-17(23)21-16-9-11(2)26-22-16/h5-9H,4,10H2,1-3H3,(H,21,22,23). The Kier molecular flexibility index (Phi) is 4.97. The average molecular weight is 353 g/mol. The summed E-state index contributed by atoms with van der Waals surface area (Å²) in [5.74, 6) is -0.189. The Morgan fingerprint density at radius 1 is 1.23 bits per heavy atom. The number of hydrogen-bond acceptors (Lipinski definition) is 6.